The fourth-order valence-electron chi connectivity index (χ4n) is 3.39. The van der Waals surface area contributed by atoms with Crippen LogP contribution in [0.15, 0.2) is 46.0 Å². The van der Waals surface area contributed by atoms with E-state index in [9.17, 15) is 4.79 Å². The minimum atomic E-state index is -0.152. The Balaban J connectivity index is 1.52. The standard InChI is InChI=1S/C22H30N4O4/c1-23-22(26-15-20(27)24-14-18-10-6-12-29-18)25-13-16-7-5-11-19(28-2)21(16)30-17-8-3-4-9-17/h5-7,10-12,17H,3-4,8-9,13-15H2,1-2H3,(H,24,27)(H2,23,25,26). The van der Waals surface area contributed by atoms with Crippen LogP contribution >= 0.6 is 0 Å². The van der Waals surface area contributed by atoms with Gasteiger partial charge in [0.1, 0.15) is 5.76 Å². The average molecular weight is 415 g/mol. The van der Waals surface area contributed by atoms with Crippen molar-refractivity contribution < 1.29 is 18.7 Å². The molecule has 3 rings (SSSR count). The lowest BCUT2D eigenvalue weighted by Gasteiger charge is -2.20. The molecule has 8 heteroatoms. The van der Waals surface area contributed by atoms with Gasteiger partial charge in [0.25, 0.3) is 0 Å². The molecule has 2 aromatic rings. The molecule has 1 heterocycles. The molecule has 0 radical (unpaired) electrons. The van der Waals surface area contributed by atoms with Crippen LogP contribution in [0.5, 0.6) is 11.5 Å². The lowest BCUT2D eigenvalue weighted by atomic mass is 10.1. The van der Waals surface area contributed by atoms with Crippen molar-refractivity contribution in [2.75, 3.05) is 20.7 Å². The van der Waals surface area contributed by atoms with Crippen molar-refractivity contribution in [2.24, 2.45) is 4.99 Å². The van der Waals surface area contributed by atoms with E-state index in [4.69, 9.17) is 13.9 Å². The van der Waals surface area contributed by atoms with Crippen molar-refractivity contribution in [1.82, 2.24) is 16.0 Å². The zero-order valence-electron chi connectivity index (χ0n) is 17.6. The van der Waals surface area contributed by atoms with Gasteiger partial charge in [0.2, 0.25) is 5.91 Å². The van der Waals surface area contributed by atoms with Crippen LogP contribution in [-0.2, 0) is 17.9 Å². The van der Waals surface area contributed by atoms with Crippen LogP contribution in [0.25, 0.3) is 0 Å². The van der Waals surface area contributed by atoms with E-state index in [-0.39, 0.29) is 18.6 Å². The number of carbonyl (C=O) groups is 1. The minimum absolute atomic E-state index is 0.101. The Hall–Kier alpha value is -3.16. The molecule has 1 aliphatic rings. The molecule has 0 saturated heterocycles. The van der Waals surface area contributed by atoms with Gasteiger partial charge in [0, 0.05) is 19.2 Å². The summed E-state index contributed by atoms with van der Waals surface area (Å²) in [6, 6.07) is 9.45. The van der Waals surface area contributed by atoms with Gasteiger partial charge < -0.3 is 29.8 Å². The summed E-state index contributed by atoms with van der Waals surface area (Å²) < 4.78 is 17.0. The van der Waals surface area contributed by atoms with Crippen LogP contribution in [0.4, 0.5) is 0 Å². The monoisotopic (exact) mass is 414 g/mol. The topological polar surface area (TPSA) is 97.1 Å². The molecule has 162 valence electrons. The van der Waals surface area contributed by atoms with Crippen LogP contribution < -0.4 is 25.4 Å². The Morgan fingerprint density at radius 1 is 1.13 bits per heavy atom. The molecule has 1 aromatic carbocycles. The van der Waals surface area contributed by atoms with E-state index in [0.717, 1.165) is 29.9 Å². The van der Waals surface area contributed by atoms with Crippen LogP contribution in [0.2, 0.25) is 0 Å². The van der Waals surface area contributed by atoms with E-state index < -0.39 is 0 Å². The number of benzene rings is 1. The van der Waals surface area contributed by atoms with E-state index in [1.807, 2.05) is 24.3 Å². The summed E-state index contributed by atoms with van der Waals surface area (Å²) in [7, 11) is 3.31. The SMILES string of the molecule is CN=C(NCC(=O)NCc1ccco1)NCc1cccc(OC)c1OC1CCCC1. The van der Waals surface area contributed by atoms with Gasteiger partial charge in [0.05, 0.1) is 32.6 Å². The summed E-state index contributed by atoms with van der Waals surface area (Å²) in [4.78, 5) is 16.2. The first-order valence-electron chi connectivity index (χ1n) is 10.3. The summed E-state index contributed by atoms with van der Waals surface area (Å²) in [5.74, 6) is 2.57. The van der Waals surface area contributed by atoms with Crippen molar-refractivity contribution in [1.29, 1.82) is 0 Å². The number of ether oxygens (including phenoxy) is 2. The fraction of sp³-hybridized carbons (Fsp3) is 0.455. The summed E-state index contributed by atoms with van der Waals surface area (Å²) in [6.07, 6.45) is 6.35. The number of carbonyl (C=O) groups excluding carboxylic acids is 1. The number of hydrogen-bond acceptors (Lipinski definition) is 5. The molecule has 30 heavy (non-hydrogen) atoms. The van der Waals surface area contributed by atoms with E-state index in [1.165, 1.54) is 12.8 Å². The number of rotatable bonds is 9. The van der Waals surface area contributed by atoms with Crippen molar-refractivity contribution >= 4 is 11.9 Å². The predicted octanol–water partition coefficient (Wildman–Crippen LogP) is 2.59. The van der Waals surface area contributed by atoms with Crippen molar-refractivity contribution in [3.05, 3.63) is 47.9 Å². The number of amides is 1. The van der Waals surface area contributed by atoms with Gasteiger partial charge >= 0.3 is 0 Å². The number of guanidine groups is 1. The van der Waals surface area contributed by atoms with E-state index in [1.54, 1.807) is 26.5 Å². The van der Waals surface area contributed by atoms with Crippen molar-refractivity contribution in [3.8, 4) is 11.5 Å². The third-order valence-electron chi connectivity index (χ3n) is 4.99. The number of hydrogen-bond donors (Lipinski definition) is 3. The highest BCUT2D eigenvalue weighted by atomic mass is 16.5. The second kappa shape index (κ2) is 11.1. The number of nitrogens with one attached hydrogen (secondary N) is 3. The summed E-state index contributed by atoms with van der Waals surface area (Å²) >= 11 is 0. The zero-order valence-corrected chi connectivity index (χ0v) is 17.6. The van der Waals surface area contributed by atoms with E-state index >= 15 is 0 Å². The minimum Gasteiger partial charge on any atom is -0.493 e. The molecule has 1 amide bonds. The first-order valence-corrected chi connectivity index (χ1v) is 10.3. The Kier molecular flexibility index (Phi) is 8.00. The third-order valence-corrected chi connectivity index (χ3v) is 4.99. The summed E-state index contributed by atoms with van der Waals surface area (Å²) in [5, 5.41) is 9.04. The molecule has 0 atom stereocenters. The highest BCUT2D eigenvalue weighted by Gasteiger charge is 2.20. The maximum atomic E-state index is 12.0. The van der Waals surface area contributed by atoms with E-state index in [2.05, 4.69) is 20.9 Å². The van der Waals surface area contributed by atoms with Gasteiger partial charge in [-0.2, -0.15) is 0 Å². The van der Waals surface area contributed by atoms with Crippen LogP contribution in [0, 0.1) is 0 Å². The normalized spacial score (nSPS) is 14.4. The smallest absolute Gasteiger partial charge is 0.239 e. The number of methoxy groups -OCH3 is 1. The molecule has 1 aromatic heterocycles. The first kappa shape index (κ1) is 21.5. The maximum absolute atomic E-state index is 12.0. The van der Waals surface area contributed by atoms with Gasteiger partial charge in [-0.3, -0.25) is 9.79 Å². The van der Waals surface area contributed by atoms with Crippen molar-refractivity contribution in [2.45, 2.75) is 44.9 Å². The number of para-hydroxylation sites is 1. The van der Waals surface area contributed by atoms with Crippen molar-refractivity contribution in [3.63, 3.8) is 0 Å². The largest absolute Gasteiger partial charge is 0.493 e. The van der Waals surface area contributed by atoms with Crippen LogP contribution in [-0.4, -0.2) is 38.7 Å². The third kappa shape index (κ3) is 6.17. The van der Waals surface area contributed by atoms with Gasteiger partial charge in [-0.05, 0) is 43.9 Å². The Morgan fingerprint density at radius 2 is 1.97 bits per heavy atom. The number of aliphatic imine (C=N–C) groups is 1. The fourth-order valence-corrected chi connectivity index (χ4v) is 3.39. The maximum Gasteiger partial charge on any atom is 0.239 e. The van der Waals surface area contributed by atoms with Gasteiger partial charge in [-0.25, -0.2) is 0 Å². The molecule has 1 aliphatic carbocycles. The molecule has 0 aliphatic heterocycles. The number of nitrogens with zero attached hydrogens (tertiary/aromatic N) is 1. The second-order valence-electron chi connectivity index (χ2n) is 7.11. The Bertz CT molecular complexity index is 830. The van der Waals surface area contributed by atoms with Crippen LogP contribution in [0.3, 0.4) is 0 Å². The summed E-state index contributed by atoms with van der Waals surface area (Å²) in [5.41, 5.74) is 0.978. The Morgan fingerprint density at radius 3 is 2.67 bits per heavy atom. The second-order valence-corrected chi connectivity index (χ2v) is 7.11. The summed E-state index contributed by atoms with van der Waals surface area (Å²) in [6.45, 7) is 0.947. The van der Waals surface area contributed by atoms with Gasteiger partial charge in [-0.15, -0.1) is 0 Å². The number of furan rings is 1. The van der Waals surface area contributed by atoms with E-state index in [0.29, 0.717) is 24.8 Å². The molecule has 0 spiro atoms. The van der Waals surface area contributed by atoms with Crippen LogP contribution in [0.1, 0.15) is 37.0 Å². The quantitative estimate of drug-likeness (QED) is 0.431. The average Bonchev–Trinajstić information content (AvgIpc) is 3.47. The molecular formula is C22H30N4O4. The predicted molar refractivity (Wildman–Crippen MR) is 115 cm³/mol. The molecule has 3 N–H and O–H groups in total. The lowest BCUT2D eigenvalue weighted by molar-refractivity contribution is -0.120. The lowest BCUT2D eigenvalue weighted by Crippen LogP contribution is -2.42. The molecule has 0 bridgehead atoms. The molecule has 0 unspecified atom stereocenters. The first-order chi connectivity index (χ1) is 14.7. The molecule has 1 fully saturated rings. The molecule has 8 nitrogen and oxygen atoms in total. The molecular weight excluding hydrogens is 384 g/mol. The van der Waals surface area contributed by atoms with Gasteiger partial charge in [-0.1, -0.05) is 12.1 Å². The highest BCUT2D eigenvalue weighted by Crippen LogP contribution is 2.34. The van der Waals surface area contributed by atoms with Gasteiger partial charge in [0.15, 0.2) is 17.5 Å². The highest BCUT2D eigenvalue weighted by molar-refractivity contribution is 5.86. The zero-order chi connectivity index (χ0) is 21.2. The molecule has 1 saturated carbocycles. The Labute approximate surface area is 177 Å².